The SMILES string of the molecule is CCC1CCCN(CC(=O)c2cccc(Cl)c2)CC1. The Balaban J connectivity index is 1.92. The number of ketones is 1. The number of hydrogen-bond donors (Lipinski definition) is 0. The number of rotatable bonds is 4. The molecule has 1 aliphatic heterocycles. The van der Waals surface area contributed by atoms with Gasteiger partial charge in [0.15, 0.2) is 5.78 Å². The highest BCUT2D eigenvalue weighted by Crippen LogP contribution is 2.20. The third kappa shape index (κ3) is 4.32. The fourth-order valence-corrected chi connectivity index (χ4v) is 2.94. The molecule has 1 fully saturated rings. The van der Waals surface area contributed by atoms with Gasteiger partial charge in [0.2, 0.25) is 0 Å². The molecule has 0 radical (unpaired) electrons. The van der Waals surface area contributed by atoms with Crippen LogP contribution in [0, 0.1) is 5.92 Å². The second kappa shape index (κ2) is 7.06. The van der Waals surface area contributed by atoms with Gasteiger partial charge in [-0.25, -0.2) is 0 Å². The van der Waals surface area contributed by atoms with Crippen LogP contribution in [0.1, 0.15) is 43.0 Å². The van der Waals surface area contributed by atoms with Gasteiger partial charge in [-0.3, -0.25) is 9.69 Å². The Morgan fingerprint density at radius 1 is 1.37 bits per heavy atom. The summed E-state index contributed by atoms with van der Waals surface area (Å²) in [6, 6.07) is 7.25. The number of likely N-dealkylation sites (tertiary alicyclic amines) is 1. The molecule has 0 aromatic heterocycles. The van der Waals surface area contributed by atoms with E-state index in [0.717, 1.165) is 24.6 Å². The molecule has 0 amide bonds. The Labute approximate surface area is 120 Å². The van der Waals surface area contributed by atoms with E-state index in [1.807, 2.05) is 12.1 Å². The van der Waals surface area contributed by atoms with Crippen molar-refractivity contribution in [2.75, 3.05) is 19.6 Å². The smallest absolute Gasteiger partial charge is 0.176 e. The van der Waals surface area contributed by atoms with E-state index in [1.54, 1.807) is 12.1 Å². The first-order chi connectivity index (χ1) is 9.19. The molecule has 104 valence electrons. The van der Waals surface area contributed by atoms with Crippen molar-refractivity contribution in [1.29, 1.82) is 0 Å². The van der Waals surface area contributed by atoms with Crippen molar-refractivity contribution in [3.63, 3.8) is 0 Å². The largest absolute Gasteiger partial charge is 0.296 e. The van der Waals surface area contributed by atoms with Crippen LogP contribution in [0.3, 0.4) is 0 Å². The standard InChI is InChI=1S/C16H22ClNO/c1-2-13-5-4-9-18(10-8-13)12-16(19)14-6-3-7-15(17)11-14/h3,6-7,11,13H,2,4-5,8-10,12H2,1H3. The van der Waals surface area contributed by atoms with Crippen LogP contribution in [0.25, 0.3) is 0 Å². The van der Waals surface area contributed by atoms with Gasteiger partial charge in [-0.15, -0.1) is 0 Å². The van der Waals surface area contributed by atoms with Gasteiger partial charge >= 0.3 is 0 Å². The molecule has 0 bridgehead atoms. The predicted molar refractivity (Wildman–Crippen MR) is 79.9 cm³/mol. The number of Topliss-reactive ketones (excluding diaryl/α,β-unsaturated/α-hetero) is 1. The number of halogens is 1. The first-order valence-corrected chi connectivity index (χ1v) is 7.58. The van der Waals surface area contributed by atoms with Crippen LogP contribution in [0.5, 0.6) is 0 Å². The molecular formula is C16H22ClNO. The van der Waals surface area contributed by atoms with Gasteiger partial charge in [0.1, 0.15) is 0 Å². The summed E-state index contributed by atoms with van der Waals surface area (Å²) >= 11 is 5.93. The van der Waals surface area contributed by atoms with Crippen molar-refractivity contribution >= 4 is 17.4 Å². The molecule has 1 aliphatic rings. The van der Waals surface area contributed by atoms with Crippen LogP contribution in [-0.2, 0) is 0 Å². The molecule has 0 aliphatic carbocycles. The fraction of sp³-hybridized carbons (Fsp3) is 0.562. The molecule has 2 nitrogen and oxygen atoms in total. The Morgan fingerprint density at radius 2 is 2.21 bits per heavy atom. The van der Waals surface area contributed by atoms with Gasteiger partial charge in [-0.2, -0.15) is 0 Å². The molecule has 0 saturated carbocycles. The molecular weight excluding hydrogens is 258 g/mol. The topological polar surface area (TPSA) is 20.3 Å². The van der Waals surface area contributed by atoms with Crippen LogP contribution < -0.4 is 0 Å². The van der Waals surface area contributed by atoms with Crippen molar-refractivity contribution in [2.45, 2.75) is 32.6 Å². The van der Waals surface area contributed by atoms with Gasteiger partial charge in [0, 0.05) is 10.6 Å². The average molecular weight is 280 g/mol. The highest BCUT2D eigenvalue weighted by atomic mass is 35.5. The lowest BCUT2D eigenvalue weighted by atomic mass is 9.98. The molecule has 0 spiro atoms. The van der Waals surface area contributed by atoms with Crippen molar-refractivity contribution in [1.82, 2.24) is 4.90 Å². The highest BCUT2D eigenvalue weighted by molar-refractivity contribution is 6.31. The molecule has 1 aromatic carbocycles. The normalized spacial score (nSPS) is 21.1. The molecule has 1 atom stereocenters. The summed E-state index contributed by atoms with van der Waals surface area (Å²) in [6.45, 7) is 4.88. The monoisotopic (exact) mass is 279 g/mol. The van der Waals surface area contributed by atoms with E-state index < -0.39 is 0 Å². The molecule has 1 saturated heterocycles. The van der Waals surface area contributed by atoms with Gasteiger partial charge in [-0.05, 0) is 50.4 Å². The lowest BCUT2D eigenvalue weighted by molar-refractivity contribution is 0.0932. The van der Waals surface area contributed by atoms with E-state index >= 15 is 0 Å². The van der Waals surface area contributed by atoms with Crippen molar-refractivity contribution < 1.29 is 4.79 Å². The summed E-state index contributed by atoms with van der Waals surface area (Å²) in [5, 5.41) is 0.632. The second-order valence-corrected chi connectivity index (χ2v) is 5.85. The summed E-state index contributed by atoms with van der Waals surface area (Å²) in [7, 11) is 0. The molecule has 2 rings (SSSR count). The third-order valence-corrected chi connectivity index (χ3v) is 4.27. The van der Waals surface area contributed by atoms with Crippen LogP contribution >= 0.6 is 11.6 Å². The van der Waals surface area contributed by atoms with Gasteiger partial charge in [0.25, 0.3) is 0 Å². The zero-order valence-electron chi connectivity index (χ0n) is 11.6. The van der Waals surface area contributed by atoms with Crippen molar-refractivity contribution in [3.8, 4) is 0 Å². The summed E-state index contributed by atoms with van der Waals surface area (Å²) in [6.07, 6.45) is 5.00. The lowest BCUT2D eigenvalue weighted by Crippen LogP contribution is -2.31. The predicted octanol–water partition coefficient (Wildman–Crippen LogP) is 4.03. The highest BCUT2D eigenvalue weighted by Gasteiger charge is 2.18. The van der Waals surface area contributed by atoms with E-state index in [0.29, 0.717) is 11.6 Å². The van der Waals surface area contributed by atoms with E-state index in [-0.39, 0.29) is 5.78 Å². The Bertz CT molecular complexity index is 433. The van der Waals surface area contributed by atoms with E-state index in [4.69, 9.17) is 11.6 Å². The summed E-state index contributed by atoms with van der Waals surface area (Å²) in [4.78, 5) is 14.5. The zero-order valence-corrected chi connectivity index (χ0v) is 12.3. The maximum atomic E-state index is 12.2. The Hall–Kier alpha value is -0.860. The van der Waals surface area contributed by atoms with Crippen LogP contribution in [0.4, 0.5) is 0 Å². The minimum absolute atomic E-state index is 0.178. The quantitative estimate of drug-likeness (QED) is 0.776. The van der Waals surface area contributed by atoms with Gasteiger partial charge in [0.05, 0.1) is 6.54 Å². The van der Waals surface area contributed by atoms with E-state index in [1.165, 1.54) is 25.7 Å². The summed E-state index contributed by atoms with van der Waals surface area (Å²) in [5.74, 6) is 1.02. The summed E-state index contributed by atoms with van der Waals surface area (Å²) in [5.41, 5.74) is 0.726. The number of benzene rings is 1. The second-order valence-electron chi connectivity index (χ2n) is 5.41. The van der Waals surface area contributed by atoms with Crippen molar-refractivity contribution in [3.05, 3.63) is 34.9 Å². The molecule has 1 aromatic rings. The number of hydrogen-bond acceptors (Lipinski definition) is 2. The number of nitrogens with zero attached hydrogens (tertiary/aromatic N) is 1. The molecule has 3 heteroatoms. The van der Waals surface area contributed by atoms with Gasteiger partial charge < -0.3 is 0 Å². The summed E-state index contributed by atoms with van der Waals surface area (Å²) < 4.78 is 0. The maximum Gasteiger partial charge on any atom is 0.176 e. The average Bonchev–Trinajstić information content (AvgIpc) is 2.64. The first-order valence-electron chi connectivity index (χ1n) is 7.20. The lowest BCUT2D eigenvalue weighted by Gasteiger charge is -2.19. The number of carbonyl (C=O) groups is 1. The van der Waals surface area contributed by atoms with Crippen LogP contribution in [-0.4, -0.2) is 30.3 Å². The number of carbonyl (C=O) groups excluding carboxylic acids is 1. The molecule has 19 heavy (non-hydrogen) atoms. The Morgan fingerprint density at radius 3 is 2.95 bits per heavy atom. The van der Waals surface area contributed by atoms with E-state index in [2.05, 4.69) is 11.8 Å². The zero-order chi connectivity index (χ0) is 13.7. The minimum Gasteiger partial charge on any atom is -0.296 e. The maximum absolute atomic E-state index is 12.2. The van der Waals surface area contributed by atoms with E-state index in [9.17, 15) is 4.79 Å². The molecule has 1 heterocycles. The Kier molecular flexibility index (Phi) is 5.41. The minimum atomic E-state index is 0.178. The van der Waals surface area contributed by atoms with Crippen LogP contribution in [0.2, 0.25) is 5.02 Å². The van der Waals surface area contributed by atoms with Crippen molar-refractivity contribution in [2.24, 2.45) is 5.92 Å². The van der Waals surface area contributed by atoms with Crippen LogP contribution in [0.15, 0.2) is 24.3 Å². The fourth-order valence-electron chi connectivity index (χ4n) is 2.75. The first kappa shape index (κ1) is 14.5. The molecule has 0 N–H and O–H groups in total. The third-order valence-electron chi connectivity index (χ3n) is 4.03. The molecule has 1 unspecified atom stereocenters. The van der Waals surface area contributed by atoms with Gasteiger partial charge in [-0.1, -0.05) is 37.1 Å².